The Hall–Kier alpha value is -1.63. The minimum Gasteiger partial charge on any atom is -0.493 e. The maximum atomic E-state index is 11.7. The van der Waals surface area contributed by atoms with Gasteiger partial charge < -0.3 is 24.5 Å². The Labute approximate surface area is 198 Å². The lowest BCUT2D eigenvalue weighted by molar-refractivity contribution is -0.126. The summed E-state index contributed by atoms with van der Waals surface area (Å²) in [7, 11) is 1.67. The zero-order valence-corrected chi connectivity index (χ0v) is 20.5. The van der Waals surface area contributed by atoms with Crippen LogP contribution in [0, 0.1) is 5.41 Å². The van der Waals surface area contributed by atoms with Gasteiger partial charge in [-0.2, -0.15) is 0 Å². The van der Waals surface area contributed by atoms with Crippen LogP contribution in [0.3, 0.4) is 0 Å². The number of methoxy groups -OCH3 is 1. The van der Waals surface area contributed by atoms with Crippen LogP contribution in [-0.2, 0) is 4.79 Å². The highest BCUT2D eigenvalue weighted by Crippen LogP contribution is 2.51. The number of likely N-dealkylation sites (tertiary alicyclic amines) is 1. The molecule has 0 amide bonds. The molecule has 1 aromatic carbocycles. The first kappa shape index (κ1) is 24.5. The number of rotatable bonds is 8. The molecule has 0 radical (unpaired) electrons. The fraction of sp³-hybridized carbons (Fsp3) is 0.741. The normalized spacial score (nSPS) is 30.2. The Morgan fingerprint density at radius 2 is 1.79 bits per heavy atom. The molecular formula is C27H41NO5. The largest absolute Gasteiger partial charge is 0.493 e. The number of aliphatic hydroxyl groups is 2. The summed E-state index contributed by atoms with van der Waals surface area (Å²) in [6.07, 6.45) is 8.72. The summed E-state index contributed by atoms with van der Waals surface area (Å²) < 4.78 is 12.0. The molecule has 6 nitrogen and oxygen atoms in total. The predicted octanol–water partition coefficient (Wildman–Crippen LogP) is 4.07. The molecule has 184 valence electrons. The van der Waals surface area contributed by atoms with Crippen LogP contribution in [0.1, 0.15) is 83.1 Å². The molecule has 4 rings (SSSR count). The van der Waals surface area contributed by atoms with Crippen LogP contribution < -0.4 is 9.47 Å². The van der Waals surface area contributed by atoms with Gasteiger partial charge in [0.1, 0.15) is 12.4 Å². The van der Waals surface area contributed by atoms with Crippen molar-refractivity contribution in [3.05, 3.63) is 23.8 Å². The molecule has 1 saturated heterocycles. The molecular weight excluding hydrogens is 418 g/mol. The fourth-order valence-corrected chi connectivity index (χ4v) is 6.54. The summed E-state index contributed by atoms with van der Waals surface area (Å²) in [4.78, 5) is 14.0. The number of hydrogen-bond acceptors (Lipinski definition) is 6. The smallest absolute Gasteiger partial charge is 0.161 e. The lowest BCUT2D eigenvalue weighted by Crippen LogP contribution is -2.58. The first-order chi connectivity index (χ1) is 15.8. The third kappa shape index (κ3) is 4.54. The van der Waals surface area contributed by atoms with E-state index in [0.29, 0.717) is 19.4 Å². The van der Waals surface area contributed by atoms with E-state index >= 15 is 0 Å². The Morgan fingerprint density at radius 1 is 1.09 bits per heavy atom. The van der Waals surface area contributed by atoms with Gasteiger partial charge >= 0.3 is 0 Å². The highest BCUT2D eigenvalue weighted by atomic mass is 16.5. The number of carbonyl (C=O) groups excluding carboxylic acids is 1. The van der Waals surface area contributed by atoms with Crippen molar-refractivity contribution in [2.24, 2.45) is 5.41 Å². The first-order valence-electron chi connectivity index (χ1n) is 12.7. The third-order valence-corrected chi connectivity index (χ3v) is 8.90. The summed E-state index contributed by atoms with van der Waals surface area (Å²) >= 11 is 0. The van der Waals surface area contributed by atoms with Gasteiger partial charge in [-0.15, -0.1) is 0 Å². The van der Waals surface area contributed by atoms with Gasteiger partial charge in [-0.1, -0.05) is 32.3 Å². The SMILES string of the molecule is COc1ccc([C@@H]2CN(C3([C@H](O)C=O)CCCCC3)C[C@@]2(C)[C@@H](C)O)cc1OC1CCCC1. The second kappa shape index (κ2) is 9.93. The maximum Gasteiger partial charge on any atom is 0.161 e. The zero-order valence-electron chi connectivity index (χ0n) is 20.5. The number of benzene rings is 1. The second-order valence-corrected chi connectivity index (χ2v) is 10.8. The molecule has 6 heteroatoms. The Balaban J connectivity index is 1.67. The summed E-state index contributed by atoms with van der Waals surface area (Å²) in [5, 5.41) is 21.7. The van der Waals surface area contributed by atoms with Crippen LogP contribution >= 0.6 is 0 Å². The Kier molecular flexibility index (Phi) is 7.37. The van der Waals surface area contributed by atoms with Gasteiger partial charge in [0, 0.05) is 24.4 Å². The third-order valence-electron chi connectivity index (χ3n) is 8.90. The minimum atomic E-state index is -1.01. The van der Waals surface area contributed by atoms with Crippen molar-refractivity contribution in [3.8, 4) is 11.5 Å². The Bertz CT molecular complexity index is 815. The predicted molar refractivity (Wildman–Crippen MR) is 128 cm³/mol. The van der Waals surface area contributed by atoms with Crippen LogP contribution in [-0.4, -0.2) is 65.4 Å². The lowest BCUT2D eigenvalue weighted by atomic mass is 9.72. The monoisotopic (exact) mass is 459 g/mol. The molecule has 0 spiro atoms. The van der Waals surface area contributed by atoms with Crippen molar-refractivity contribution in [1.29, 1.82) is 0 Å². The van der Waals surface area contributed by atoms with E-state index in [2.05, 4.69) is 24.0 Å². The number of aldehydes is 1. The average Bonchev–Trinajstić information content (AvgIpc) is 3.47. The van der Waals surface area contributed by atoms with E-state index in [0.717, 1.165) is 62.0 Å². The van der Waals surface area contributed by atoms with Crippen LogP contribution in [0.2, 0.25) is 0 Å². The molecule has 1 heterocycles. The van der Waals surface area contributed by atoms with Gasteiger partial charge in [0.15, 0.2) is 11.5 Å². The fourth-order valence-electron chi connectivity index (χ4n) is 6.54. The van der Waals surface area contributed by atoms with E-state index in [1.807, 2.05) is 13.0 Å². The number of carbonyl (C=O) groups is 1. The molecule has 4 atom stereocenters. The quantitative estimate of drug-likeness (QED) is 0.571. The first-order valence-corrected chi connectivity index (χ1v) is 12.7. The Morgan fingerprint density at radius 3 is 2.39 bits per heavy atom. The molecule has 1 aliphatic heterocycles. The van der Waals surface area contributed by atoms with Gasteiger partial charge in [-0.05, 0) is 63.1 Å². The van der Waals surface area contributed by atoms with Crippen LogP contribution in [0.25, 0.3) is 0 Å². The van der Waals surface area contributed by atoms with Crippen molar-refractivity contribution in [2.45, 2.75) is 101 Å². The molecule has 3 fully saturated rings. The van der Waals surface area contributed by atoms with Crippen molar-refractivity contribution >= 4 is 6.29 Å². The van der Waals surface area contributed by atoms with E-state index in [4.69, 9.17) is 9.47 Å². The highest BCUT2D eigenvalue weighted by Gasteiger charge is 2.54. The van der Waals surface area contributed by atoms with Gasteiger partial charge in [0.25, 0.3) is 0 Å². The summed E-state index contributed by atoms with van der Waals surface area (Å²) in [6.45, 7) is 5.33. The number of hydrogen-bond donors (Lipinski definition) is 2. The van der Waals surface area contributed by atoms with Crippen molar-refractivity contribution < 1.29 is 24.5 Å². The maximum absolute atomic E-state index is 11.7. The highest BCUT2D eigenvalue weighted by molar-refractivity contribution is 5.58. The molecule has 33 heavy (non-hydrogen) atoms. The number of ether oxygens (including phenoxy) is 2. The molecule has 3 aliphatic rings. The topological polar surface area (TPSA) is 79.2 Å². The van der Waals surface area contributed by atoms with Crippen LogP contribution in [0.5, 0.6) is 11.5 Å². The van der Waals surface area contributed by atoms with Crippen LogP contribution in [0.4, 0.5) is 0 Å². The number of aliphatic hydroxyl groups excluding tert-OH is 2. The van der Waals surface area contributed by atoms with Gasteiger partial charge in [-0.3, -0.25) is 4.90 Å². The van der Waals surface area contributed by atoms with Gasteiger partial charge in [0.05, 0.1) is 24.9 Å². The van der Waals surface area contributed by atoms with E-state index in [-0.39, 0.29) is 12.0 Å². The molecule has 2 aliphatic carbocycles. The lowest BCUT2D eigenvalue weighted by Gasteiger charge is -2.47. The van der Waals surface area contributed by atoms with Gasteiger partial charge in [-0.25, -0.2) is 0 Å². The molecule has 2 saturated carbocycles. The van der Waals surface area contributed by atoms with Crippen molar-refractivity contribution in [3.63, 3.8) is 0 Å². The zero-order chi connectivity index (χ0) is 23.6. The number of nitrogens with zero attached hydrogens (tertiary/aromatic N) is 1. The minimum absolute atomic E-state index is 0.0481. The molecule has 0 aromatic heterocycles. The van der Waals surface area contributed by atoms with Crippen molar-refractivity contribution in [1.82, 2.24) is 4.90 Å². The van der Waals surface area contributed by atoms with E-state index in [9.17, 15) is 15.0 Å². The molecule has 0 bridgehead atoms. The summed E-state index contributed by atoms with van der Waals surface area (Å²) in [5.41, 5.74) is 0.161. The van der Waals surface area contributed by atoms with Gasteiger partial charge in [0.2, 0.25) is 0 Å². The average molecular weight is 460 g/mol. The summed E-state index contributed by atoms with van der Waals surface area (Å²) in [5.74, 6) is 1.56. The standard InChI is InChI=1S/C27H41NO5/c1-19(30)26(2)18-28(27(25(31)17-29)13-7-4-8-14-27)16-22(26)20-11-12-23(32-3)24(15-20)33-21-9-5-6-10-21/h11-12,15,17,19,21-22,25,30-31H,4-10,13-14,16,18H2,1-3H3/t19-,22+,25-,26+/m1/s1. The van der Waals surface area contributed by atoms with E-state index in [1.165, 1.54) is 12.8 Å². The molecule has 0 unspecified atom stereocenters. The van der Waals surface area contributed by atoms with Crippen molar-refractivity contribution in [2.75, 3.05) is 20.2 Å². The van der Waals surface area contributed by atoms with E-state index in [1.54, 1.807) is 7.11 Å². The molecule has 1 aromatic rings. The molecule has 2 N–H and O–H groups in total. The van der Waals surface area contributed by atoms with E-state index < -0.39 is 23.2 Å². The summed E-state index contributed by atoms with van der Waals surface area (Å²) in [6, 6.07) is 6.15. The second-order valence-electron chi connectivity index (χ2n) is 10.8. The van der Waals surface area contributed by atoms with Crippen LogP contribution in [0.15, 0.2) is 18.2 Å².